The number of likely N-dealkylation sites (tertiary alicyclic amines) is 2. The number of hydrogen-bond acceptors (Lipinski definition) is 3. The molecule has 0 spiro atoms. The number of carbonyl (C=O) groups is 1. The Kier molecular flexibility index (Phi) is 9.19. The second-order valence-electron chi connectivity index (χ2n) is 9.51. The molecule has 2 aliphatic heterocycles. The molecule has 1 aromatic carbocycles. The van der Waals surface area contributed by atoms with Crippen LogP contribution in [0.2, 0.25) is 0 Å². The molecular formula is C25H41N5O. The topological polar surface area (TPSA) is 60.0 Å². The molecule has 6 nitrogen and oxygen atoms in total. The quantitative estimate of drug-likeness (QED) is 0.445. The van der Waals surface area contributed by atoms with E-state index in [0.717, 1.165) is 38.6 Å². The Hall–Kier alpha value is -2.08. The van der Waals surface area contributed by atoms with Gasteiger partial charge in [0.05, 0.1) is 0 Å². The predicted octanol–water partition coefficient (Wildman–Crippen LogP) is 2.75. The van der Waals surface area contributed by atoms with Crippen LogP contribution in [0, 0.1) is 11.8 Å². The minimum absolute atomic E-state index is 0.275. The van der Waals surface area contributed by atoms with Crippen molar-refractivity contribution in [2.24, 2.45) is 16.8 Å². The molecule has 1 amide bonds. The van der Waals surface area contributed by atoms with Crippen molar-refractivity contribution in [1.29, 1.82) is 0 Å². The van der Waals surface area contributed by atoms with Crippen LogP contribution < -0.4 is 10.6 Å². The number of amides is 1. The molecular weight excluding hydrogens is 386 g/mol. The third-order valence-electron chi connectivity index (χ3n) is 6.50. The van der Waals surface area contributed by atoms with Gasteiger partial charge in [0, 0.05) is 51.6 Å². The summed E-state index contributed by atoms with van der Waals surface area (Å²) in [6, 6.07) is 11.0. The SMILES string of the molecule is CN=C(NCC1CC(=O)N(CCc2ccccc2)C1)NCC(CC(C)C)N1CCCC1. The molecule has 2 unspecified atom stereocenters. The van der Waals surface area contributed by atoms with Crippen molar-refractivity contribution in [2.45, 2.75) is 52.0 Å². The fourth-order valence-corrected chi connectivity index (χ4v) is 4.80. The number of aliphatic imine (C=N–C) groups is 1. The van der Waals surface area contributed by atoms with Gasteiger partial charge >= 0.3 is 0 Å². The van der Waals surface area contributed by atoms with Gasteiger partial charge in [0.15, 0.2) is 5.96 Å². The maximum absolute atomic E-state index is 12.4. The average molecular weight is 428 g/mol. The van der Waals surface area contributed by atoms with Gasteiger partial charge in [0.1, 0.15) is 0 Å². The number of guanidine groups is 1. The molecule has 1 aromatic rings. The first-order valence-corrected chi connectivity index (χ1v) is 12.1. The van der Waals surface area contributed by atoms with Gasteiger partial charge < -0.3 is 15.5 Å². The van der Waals surface area contributed by atoms with Crippen LogP contribution in [0.3, 0.4) is 0 Å². The molecule has 0 saturated carbocycles. The zero-order chi connectivity index (χ0) is 22.1. The Morgan fingerprint density at radius 3 is 2.58 bits per heavy atom. The van der Waals surface area contributed by atoms with Gasteiger partial charge in [0.25, 0.3) is 0 Å². The maximum atomic E-state index is 12.4. The number of hydrogen-bond donors (Lipinski definition) is 2. The minimum Gasteiger partial charge on any atom is -0.356 e. The van der Waals surface area contributed by atoms with Crippen molar-refractivity contribution in [1.82, 2.24) is 20.4 Å². The van der Waals surface area contributed by atoms with Gasteiger partial charge in [-0.25, -0.2) is 0 Å². The molecule has 2 fully saturated rings. The summed E-state index contributed by atoms with van der Waals surface area (Å²) in [6.45, 7) is 10.4. The Balaban J connectivity index is 1.41. The highest BCUT2D eigenvalue weighted by Crippen LogP contribution is 2.18. The van der Waals surface area contributed by atoms with Crippen LogP contribution in [0.15, 0.2) is 35.3 Å². The molecule has 2 saturated heterocycles. The lowest BCUT2D eigenvalue weighted by Gasteiger charge is -2.30. The van der Waals surface area contributed by atoms with E-state index in [1.54, 1.807) is 0 Å². The highest BCUT2D eigenvalue weighted by Gasteiger charge is 2.29. The predicted molar refractivity (Wildman–Crippen MR) is 128 cm³/mol. The zero-order valence-corrected chi connectivity index (χ0v) is 19.6. The number of rotatable bonds is 10. The monoisotopic (exact) mass is 427 g/mol. The zero-order valence-electron chi connectivity index (χ0n) is 19.6. The van der Waals surface area contributed by atoms with Crippen LogP contribution >= 0.6 is 0 Å². The summed E-state index contributed by atoms with van der Waals surface area (Å²) in [7, 11) is 1.83. The molecule has 2 N–H and O–H groups in total. The highest BCUT2D eigenvalue weighted by atomic mass is 16.2. The van der Waals surface area contributed by atoms with Crippen molar-refractivity contribution in [3.63, 3.8) is 0 Å². The van der Waals surface area contributed by atoms with E-state index in [-0.39, 0.29) is 5.91 Å². The van der Waals surface area contributed by atoms with Gasteiger partial charge in [-0.1, -0.05) is 44.2 Å². The second kappa shape index (κ2) is 12.1. The van der Waals surface area contributed by atoms with Gasteiger partial charge in [-0.3, -0.25) is 14.7 Å². The van der Waals surface area contributed by atoms with Gasteiger partial charge in [-0.2, -0.15) is 0 Å². The molecule has 6 heteroatoms. The third-order valence-corrected chi connectivity index (χ3v) is 6.50. The van der Waals surface area contributed by atoms with E-state index in [4.69, 9.17) is 0 Å². The van der Waals surface area contributed by atoms with Crippen LogP contribution in [0.5, 0.6) is 0 Å². The standard InChI is InChI=1S/C25H41N5O/c1-20(2)15-23(29-12-7-8-13-29)18-28-25(26-3)27-17-22-16-24(31)30(19-22)14-11-21-9-5-4-6-10-21/h4-6,9-10,20,22-23H,7-8,11-19H2,1-3H3,(H2,26,27,28). The summed E-state index contributed by atoms with van der Waals surface area (Å²) in [4.78, 5) is 21.5. The van der Waals surface area contributed by atoms with Gasteiger partial charge in [-0.15, -0.1) is 0 Å². The van der Waals surface area contributed by atoms with E-state index in [1.165, 1.54) is 37.9 Å². The molecule has 0 radical (unpaired) electrons. The van der Waals surface area contributed by atoms with Crippen molar-refractivity contribution < 1.29 is 4.79 Å². The summed E-state index contributed by atoms with van der Waals surface area (Å²) in [5.74, 6) is 2.15. The fraction of sp³-hybridized carbons (Fsp3) is 0.680. The summed E-state index contributed by atoms with van der Waals surface area (Å²) in [6.07, 6.45) is 5.39. The van der Waals surface area contributed by atoms with E-state index < -0.39 is 0 Å². The van der Waals surface area contributed by atoms with Crippen LogP contribution in [0.25, 0.3) is 0 Å². The summed E-state index contributed by atoms with van der Waals surface area (Å²) < 4.78 is 0. The Bertz CT molecular complexity index is 699. The van der Waals surface area contributed by atoms with E-state index in [0.29, 0.717) is 24.3 Å². The molecule has 172 valence electrons. The van der Waals surface area contributed by atoms with Crippen LogP contribution in [-0.4, -0.2) is 74.0 Å². The Morgan fingerprint density at radius 1 is 1.16 bits per heavy atom. The molecule has 2 aliphatic rings. The maximum Gasteiger partial charge on any atom is 0.223 e. The van der Waals surface area contributed by atoms with E-state index in [1.807, 2.05) is 18.0 Å². The van der Waals surface area contributed by atoms with E-state index >= 15 is 0 Å². The van der Waals surface area contributed by atoms with Crippen LogP contribution in [-0.2, 0) is 11.2 Å². The first-order valence-electron chi connectivity index (χ1n) is 12.1. The first kappa shape index (κ1) is 23.6. The number of nitrogens with one attached hydrogen (secondary N) is 2. The normalized spacial score (nSPS) is 21.2. The van der Waals surface area contributed by atoms with Crippen molar-refractivity contribution in [3.8, 4) is 0 Å². The lowest BCUT2D eigenvalue weighted by molar-refractivity contribution is -0.127. The molecule has 0 bridgehead atoms. The minimum atomic E-state index is 0.275. The lowest BCUT2D eigenvalue weighted by Crippen LogP contribution is -2.47. The molecule has 2 atom stereocenters. The van der Waals surface area contributed by atoms with E-state index in [2.05, 4.69) is 58.6 Å². The summed E-state index contributed by atoms with van der Waals surface area (Å²) >= 11 is 0. The van der Waals surface area contributed by atoms with Crippen molar-refractivity contribution in [2.75, 3.05) is 46.3 Å². The van der Waals surface area contributed by atoms with Crippen molar-refractivity contribution >= 4 is 11.9 Å². The second-order valence-corrected chi connectivity index (χ2v) is 9.51. The third kappa shape index (κ3) is 7.53. The molecule has 2 heterocycles. The number of carbonyl (C=O) groups excluding carboxylic acids is 1. The molecule has 31 heavy (non-hydrogen) atoms. The molecule has 0 aromatic heterocycles. The fourth-order valence-electron chi connectivity index (χ4n) is 4.80. The number of nitrogens with zero attached hydrogens (tertiary/aromatic N) is 3. The van der Waals surface area contributed by atoms with Crippen LogP contribution in [0.4, 0.5) is 0 Å². The summed E-state index contributed by atoms with van der Waals surface area (Å²) in [5.41, 5.74) is 1.29. The number of benzene rings is 1. The smallest absolute Gasteiger partial charge is 0.223 e. The average Bonchev–Trinajstić information content (AvgIpc) is 3.42. The van der Waals surface area contributed by atoms with Gasteiger partial charge in [-0.05, 0) is 50.3 Å². The Labute approximate surface area is 188 Å². The van der Waals surface area contributed by atoms with Crippen LogP contribution in [0.1, 0.15) is 45.1 Å². The first-order chi connectivity index (χ1) is 15.0. The summed E-state index contributed by atoms with van der Waals surface area (Å²) in [5, 5.41) is 7.01. The van der Waals surface area contributed by atoms with Gasteiger partial charge in [0.2, 0.25) is 5.91 Å². The Morgan fingerprint density at radius 2 is 1.90 bits per heavy atom. The highest BCUT2D eigenvalue weighted by molar-refractivity contribution is 5.80. The largest absolute Gasteiger partial charge is 0.356 e. The van der Waals surface area contributed by atoms with E-state index in [9.17, 15) is 4.79 Å². The van der Waals surface area contributed by atoms with Crippen molar-refractivity contribution in [3.05, 3.63) is 35.9 Å². The molecule has 0 aliphatic carbocycles. The molecule has 3 rings (SSSR count). The lowest BCUT2D eigenvalue weighted by atomic mass is 10.0.